The maximum atomic E-state index is 9.69. The predicted molar refractivity (Wildman–Crippen MR) is 56.5 cm³/mol. The molecule has 1 aromatic rings. The summed E-state index contributed by atoms with van der Waals surface area (Å²) < 4.78 is 0. The van der Waals surface area contributed by atoms with Crippen LogP contribution < -0.4 is 0 Å². The van der Waals surface area contributed by atoms with Gasteiger partial charge in [-0.05, 0) is 24.1 Å². The zero-order valence-corrected chi connectivity index (χ0v) is 8.93. The molecule has 84 valence electrons. The summed E-state index contributed by atoms with van der Waals surface area (Å²) in [5.41, 5.74) is 0.997. The molecule has 2 atom stereocenters. The molecule has 0 amide bonds. The second kappa shape index (κ2) is 6.02. The van der Waals surface area contributed by atoms with Crippen LogP contribution in [-0.4, -0.2) is 32.3 Å². The molecule has 2 unspecified atom stereocenters. The Bertz CT molecular complexity index is 308. The molecule has 1 aromatic heterocycles. The Kier molecular flexibility index (Phi) is 4.98. The number of alkyl halides is 1. The molecule has 1 heterocycles. The molecule has 0 saturated carbocycles. The largest absolute Gasteiger partial charge is 0.392 e. The number of aromatic nitrogens is 1. The summed E-state index contributed by atoms with van der Waals surface area (Å²) >= 11 is 5.45. The van der Waals surface area contributed by atoms with Gasteiger partial charge >= 0.3 is 0 Å². The van der Waals surface area contributed by atoms with Gasteiger partial charge in [0.15, 0.2) is 0 Å². The maximum Gasteiger partial charge on any atom is 0.122 e. The summed E-state index contributed by atoms with van der Waals surface area (Å²) in [6.07, 6.45) is -0.204. The lowest BCUT2D eigenvalue weighted by Crippen LogP contribution is -2.19. The minimum Gasteiger partial charge on any atom is -0.392 e. The van der Waals surface area contributed by atoms with Crippen molar-refractivity contribution in [3.63, 3.8) is 0 Å². The highest BCUT2D eigenvalue weighted by Crippen LogP contribution is 2.18. The fourth-order valence-electron chi connectivity index (χ4n) is 1.22. The fourth-order valence-corrected chi connectivity index (χ4v) is 1.44. The highest BCUT2D eigenvalue weighted by molar-refractivity contribution is 6.17. The van der Waals surface area contributed by atoms with E-state index in [4.69, 9.17) is 16.7 Å². The average molecular weight is 232 g/mol. The molecule has 5 heteroatoms. The van der Waals surface area contributed by atoms with Gasteiger partial charge in [0.25, 0.3) is 0 Å². The summed E-state index contributed by atoms with van der Waals surface area (Å²) in [5.74, 6) is 0.276. The van der Waals surface area contributed by atoms with Gasteiger partial charge in [-0.25, -0.2) is 0 Å². The Balaban J connectivity index is 2.76. The Morgan fingerprint density at radius 3 is 2.73 bits per heavy atom. The molecule has 0 radical (unpaired) electrons. The van der Waals surface area contributed by atoms with Crippen molar-refractivity contribution < 1.29 is 15.3 Å². The topological polar surface area (TPSA) is 73.6 Å². The van der Waals surface area contributed by atoms with Crippen LogP contribution in [0.4, 0.5) is 0 Å². The predicted octanol–water partition coefficient (Wildman–Crippen LogP) is 0.597. The van der Waals surface area contributed by atoms with E-state index < -0.39 is 12.2 Å². The van der Waals surface area contributed by atoms with Crippen LogP contribution >= 0.6 is 11.6 Å². The van der Waals surface area contributed by atoms with Gasteiger partial charge < -0.3 is 15.3 Å². The zero-order valence-electron chi connectivity index (χ0n) is 8.17. The Morgan fingerprint density at radius 1 is 1.40 bits per heavy atom. The van der Waals surface area contributed by atoms with Crippen LogP contribution in [0.3, 0.4) is 0 Å². The quantitative estimate of drug-likeness (QED) is 0.649. The molecular weight excluding hydrogens is 218 g/mol. The van der Waals surface area contributed by atoms with Gasteiger partial charge in [0.2, 0.25) is 0 Å². The zero-order chi connectivity index (χ0) is 11.3. The van der Waals surface area contributed by atoms with Crippen molar-refractivity contribution in [2.75, 3.05) is 5.88 Å². The smallest absolute Gasteiger partial charge is 0.122 e. The van der Waals surface area contributed by atoms with E-state index in [1.807, 2.05) is 0 Å². The number of nitrogens with zero attached hydrogens (tertiary/aromatic N) is 1. The normalized spacial score (nSPS) is 14.9. The Hall–Kier alpha value is -0.680. The third-order valence-electron chi connectivity index (χ3n) is 2.10. The summed E-state index contributed by atoms with van der Waals surface area (Å²) in [6.45, 7) is -0.117. The number of hydrogen-bond donors (Lipinski definition) is 3. The third-order valence-corrected chi connectivity index (χ3v) is 2.32. The van der Waals surface area contributed by atoms with E-state index in [1.54, 1.807) is 12.1 Å². The molecular formula is C10H14ClNO3. The number of aliphatic hydroxyl groups excluding tert-OH is 3. The van der Waals surface area contributed by atoms with Crippen LogP contribution in [0.25, 0.3) is 0 Å². The van der Waals surface area contributed by atoms with Crippen molar-refractivity contribution in [2.45, 2.75) is 25.2 Å². The lowest BCUT2D eigenvalue weighted by Gasteiger charge is -2.16. The van der Waals surface area contributed by atoms with E-state index in [0.29, 0.717) is 17.7 Å². The molecule has 4 nitrogen and oxygen atoms in total. The van der Waals surface area contributed by atoms with Gasteiger partial charge in [-0.15, -0.1) is 11.6 Å². The van der Waals surface area contributed by atoms with Gasteiger partial charge in [0.1, 0.15) is 6.10 Å². The van der Waals surface area contributed by atoms with Crippen LogP contribution in [-0.2, 0) is 6.61 Å². The van der Waals surface area contributed by atoms with Crippen molar-refractivity contribution >= 4 is 11.6 Å². The number of hydrogen-bond acceptors (Lipinski definition) is 4. The van der Waals surface area contributed by atoms with E-state index in [1.165, 1.54) is 6.20 Å². The van der Waals surface area contributed by atoms with E-state index >= 15 is 0 Å². The van der Waals surface area contributed by atoms with Crippen molar-refractivity contribution in [3.05, 3.63) is 29.6 Å². The van der Waals surface area contributed by atoms with Crippen molar-refractivity contribution in [1.29, 1.82) is 0 Å². The Morgan fingerprint density at radius 2 is 2.13 bits per heavy atom. The molecule has 0 fully saturated rings. The van der Waals surface area contributed by atoms with Crippen molar-refractivity contribution in [1.82, 2.24) is 4.98 Å². The lowest BCUT2D eigenvalue weighted by molar-refractivity contribution is 0.0143. The Labute approximate surface area is 93.2 Å². The van der Waals surface area contributed by atoms with Gasteiger partial charge in [0, 0.05) is 12.1 Å². The number of aliphatic hydroxyl groups is 3. The molecule has 0 spiro atoms. The maximum absolute atomic E-state index is 9.69. The molecule has 1 rings (SSSR count). The van der Waals surface area contributed by atoms with Gasteiger partial charge in [-0.3, -0.25) is 4.98 Å². The van der Waals surface area contributed by atoms with Crippen LogP contribution in [0.2, 0.25) is 0 Å². The number of halogens is 1. The van der Waals surface area contributed by atoms with E-state index in [2.05, 4.69) is 4.98 Å². The molecule has 0 aromatic carbocycles. The van der Waals surface area contributed by atoms with E-state index in [-0.39, 0.29) is 12.5 Å². The first kappa shape index (κ1) is 12.4. The second-order valence-electron chi connectivity index (χ2n) is 3.24. The minimum absolute atomic E-state index is 0.117. The first-order chi connectivity index (χ1) is 7.19. The highest BCUT2D eigenvalue weighted by Gasteiger charge is 2.18. The lowest BCUT2D eigenvalue weighted by atomic mass is 10.1. The molecule has 0 saturated heterocycles. The standard InChI is InChI=1S/C10H14ClNO3/c11-3-1-9(14)10(15)8-5-7(6-13)2-4-12-8/h2,4-5,9-10,13-15H,1,3,6H2. The summed E-state index contributed by atoms with van der Waals surface area (Å²) in [5, 5.41) is 28.1. The molecule has 3 N–H and O–H groups in total. The van der Waals surface area contributed by atoms with Gasteiger partial charge in [-0.1, -0.05) is 0 Å². The highest BCUT2D eigenvalue weighted by atomic mass is 35.5. The SMILES string of the molecule is OCc1ccnc(C(O)C(O)CCCl)c1. The van der Waals surface area contributed by atoms with Gasteiger partial charge in [0.05, 0.1) is 18.4 Å². The van der Waals surface area contributed by atoms with Crippen molar-refractivity contribution in [3.8, 4) is 0 Å². The summed E-state index contributed by atoms with van der Waals surface area (Å²) in [4.78, 5) is 3.93. The fraction of sp³-hybridized carbons (Fsp3) is 0.500. The molecule has 0 aliphatic carbocycles. The van der Waals surface area contributed by atoms with E-state index in [9.17, 15) is 10.2 Å². The molecule has 15 heavy (non-hydrogen) atoms. The minimum atomic E-state index is -1.06. The van der Waals surface area contributed by atoms with Crippen LogP contribution in [0.5, 0.6) is 0 Å². The van der Waals surface area contributed by atoms with Crippen LogP contribution in [0.15, 0.2) is 18.3 Å². The molecule has 0 bridgehead atoms. The van der Waals surface area contributed by atoms with Gasteiger partial charge in [-0.2, -0.15) is 0 Å². The molecule has 0 aliphatic rings. The van der Waals surface area contributed by atoms with Crippen molar-refractivity contribution in [2.24, 2.45) is 0 Å². The number of pyridine rings is 1. The summed E-state index contributed by atoms with van der Waals surface area (Å²) in [6, 6.07) is 3.20. The monoisotopic (exact) mass is 231 g/mol. The third kappa shape index (κ3) is 3.43. The first-order valence-electron chi connectivity index (χ1n) is 4.66. The number of rotatable bonds is 5. The van der Waals surface area contributed by atoms with E-state index in [0.717, 1.165) is 0 Å². The van der Waals surface area contributed by atoms with Crippen LogP contribution in [0.1, 0.15) is 23.8 Å². The first-order valence-corrected chi connectivity index (χ1v) is 5.20. The van der Waals surface area contributed by atoms with Crippen LogP contribution in [0, 0.1) is 0 Å². The average Bonchev–Trinajstić information content (AvgIpc) is 2.28. The second-order valence-corrected chi connectivity index (χ2v) is 3.61. The molecule has 0 aliphatic heterocycles. The summed E-state index contributed by atoms with van der Waals surface area (Å²) in [7, 11) is 0.